The quantitative estimate of drug-likeness (QED) is 0.376. The molecule has 2 heteroatoms. The predicted octanol–water partition coefficient (Wildman–Crippen LogP) is 3.60. The van der Waals surface area contributed by atoms with Gasteiger partial charge in [-0.05, 0) is 31.2 Å². The van der Waals surface area contributed by atoms with Crippen molar-refractivity contribution in [2.75, 3.05) is 13.6 Å². The van der Waals surface area contributed by atoms with E-state index in [4.69, 9.17) is 0 Å². The first-order chi connectivity index (χ1) is 9.33. The molecule has 1 amide bonds. The first kappa shape index (κ1) is 15.2. The summed E-state index contributed by atoms with van der Waals surface area (Å²) >= 11 is 0. The van der Waals surface area contributed by atoms with E-state index in [-0.39, 0.29) is 0 Å². The van der Waals surface area contributed by atoms with Gasteiger partial charge in [0.25, 0.3) is 0 Å². The topological polar surface area (TPSA) is 20.3 Å². The number of amides is 1. The summed E-state index contributed by atoms with van der Waals surface area (Å²) in [6.45, 7) is 0.668. The van der Waals surface area contributed by atoms with E-state index < -0.39 is 0 Å². The molecule has 19 heavy (non-hydrogen) atoms. The lowest BCUT2D eigenvalue weighted by molar-refractivity contribution is -0.116. The highest BCUT2D eigenvalue weighted by atomic mass is 16.1. The SMILES string of the molecule is CN(C=O)CC=CC=CCCCCc1ccccc1. The number of unbranched alkanes of at least 4 members (excludes halogenated alkanes) is 2. The molecule has 0 N–H and O–H groups in total. The van der Waals surface area contributed by atoms with Crippen LogP contribution in [0.4, 0.5) is 0 Å². The van der Waals surface area contributed by atoms with Crippen LogP contribution in [0.2, 0.25) is 0 Å². The second kappa shape index (κ2) is 10.1. The van der Waals surface area contributed by atoms with Crippen molar-refractivity contribution in [3.05, 3.63) is 60.2 Å². The van der Waals surface area contributed by atoms with E-state index in [0.717, 1.165) is 19.3 Å². The summed E-state index contributed by atoms with van der Waals surface area (Å²) in [5.74, 6) is 0. The molecule has 0 saturated carbocycles. The van der Waals surface area contributed by atoms with Crippen molar-refractivity contribution in [1.29, 1.82) is 0 Å². The zero-order chi connectivity index (χ0) is 13.8. The molecule has 0 atom stereocenters. The molecule has 0 fully saturated rings. The minimum Gasteiger partial charge on any atom is -0.345 e. The molecule has 0 radical (unpaired) electrons. The van der Waals surface area contributed by atoms with Gasteiger partial charge < -0.3 is 4.90 Å². The van der Waals surface area contributed by atoms with Crippen LogP contribution in [-0.2, 0) is 11.2 Å². The van der Waals surface area contributed by atoms with E-state index in [0.29, 0.717) is 6.54 Å². The molecule has 0 saturated heterocycles. The molecule has 0 unspecified atom stereocenters. The average Bonchev–Trinajstić information content (AvgIpc) is 2.46. The number of carbonyl (C=O) groups is 1. The summed E-state index contributed by atoms with van der Waals surface area (Å²) in [5.41, 5.74) is 1.42. The summed E-state index contributed by atoms with van der Waals surface area (Å²) < 4.78 is 0. The zero-order valence-corrected chi connectivity index (χ0v) is 11.7. The zero-order valence-electron chi connectivity index (χ0n) is 11.7. The molecule has 0 aliphatic rings. The van der Waals surface area contributed by atoms with Crippen molar-refractivity contribution in [3.8, 4) is 0 Å². The van der Waals surface area contributed by atoms with Gasteiger partial charge in [-0.2, -0.15) is 0 Å². The van der Waals surface area contributed by atoms with Crippen LogP contribution in [0.3, 0.4) is 0 Å². The second-order valence-corrected chi connectivity index (χ2v) is 4.63. The Kier molecular flexibility index (Phi) is 8.12. The van der Waals surface area contributed by atoms with E-state index in [1.54, 1.807) is 11.9 Å². The first-order valence-electron chi connectivity index (χ1n) is 6.84. The summed E-state index contributed by atoms with van der Waals surface area (Å²) in [4.78, 5) is 11.9. The number of benzene rings is 1. The lowest BCUT2D eigenvalue weighted by Gasteiger charge is -2.04. The number of rotatable bonds is 9. The van der Waals surface area contributed by atoms with Gasteiger partial charge in [0.15, 0.2) is 0 Å². The number of nitrogens with zero attached hydrogens (tertiary/aromatic N) is 1. The molecule has 102 valence electrons. The van der Waals surface area contributed by atoms with E-state index >= 15 is 0 Å². The molecule has 1 aromatic carbocycles. The molecule has 0 aromatic heterocycles. The minimum absolute atomic E-state index is 0.668. The Morgan fingerprint density at radius 2 is 1.79 bits per heavy atom. The van der Waals surface area contributed by atoms with Crippen molar-refractivity contribution >= 4 is 6.41 Å². The standard InChI is InChI=1S/C17H23NO/c1-18(16-19)15-11-6-4-2-3-5-8-12-17-13-9-7-10-14-17/h2,4,6-7,9-11,13-14,16H,3,5,8,12,15H2,1H3. The monoisotopic (exact) mass is 257 g/mol. The number of aryl methyl sites for hydroxylation is 1. The molecule has 0 spiro atoms. The van der Waals surface area contributed by atoms with Gasteiger partial charge >= 0.3 is 0 Å². The van der Waals surface area contributed by atoms with Crippen molar-refractivity contribution in [2.24, 2.45) is 0 Å². The second-order valence-electron chi connectivity index (χ2n) is 4.63. The number of hydrogen-bond donors (Lipinski definition) is 0. The van der Waals surface area contributed by atoms with Crippen LogP contribution in [-0.4, -0.2) is 24.9 Å². The van der Waals surface area contributed by atoms with Gasteiger partial charge in [-0.15, -0.1) is 0 Å². The summed E-state index contributed by atoms with van der Waals surface area (Å²) in [7, 11) is 1.77. The average molecular weight is 257 g/mol. The van der Waals surface area contributed by atoms with Crippen LogP contribution >= 0.6 is 0 Å². The Hall–Kier alpha value is -1.83. The fourth-order valence-electron chi connectivity index (χ4n) is 1.76. The van der Waals surface area contributed by atoms with Gasteiger partial charge in [0.2, 0.25) is 6.41 Å². The van der Waals surface area contributed by atoms with Crippen LogP contribution in [0.15, 0.2) is 54.6 Å². The lowest BCUT2D eigenvalue weighted by Crippen LogP contribution is -2.14. The van der Waals surface area contributed by atoms with E-state index in [2.05, 4.69) is 42.5 Å². The van der Waals surface area contributed by atoms with E-state index in [1.807, 2.05) is 12.2 Å². The highest BCUT2D eigenvalue weighted by Gasteiger charge is 1.90. The minimum atomic E-state index is 0.668. The maximum Gasteiger partial charge on any atom is 0.209 e. The maximum absolute atomic E-state index is 10.3. The third kappa shape index (κ3) is 7.98. The van der Waals surface area contributed by atoms with Crippen molar-refractivity contribution in [3.63, 3.8) is 0 Å². The van der Waals surface area contributed by atoms with Crippen LogP contribution in [0, 0.1) is 0 Å². The lowest BCUT2D eigenvalue weighted by atomic mass is 10.1. The summed E-state index contributed by atoms with van der Waals surface area (Å²) in [6.07, 6.45) is 13.8. The number of likely N-dealkylation sites (N-methyl/N-ethyl adjacent to an activating group) is 1. The van der Waals surface area contributed by atoms with Gasteiger partial charge in [0.1, 0.15) is 0 Å². The predicted molar refractivity (Wildman–Crippen MR) is 81.0 cm³/mol. The Balaban J connectivity index is 2.03. The highest BCUT2D eigenvalue weighted by molar-refractivity contribution is 5.46. The third-order valence-electron chi connectivity index (χ3n) is 2.89. The molecule has 0 heterocycles. The molecule has 0 aliphatic heterocycles. The summed E-state index contributed by atoms with van der Waals surface area (Å²) in [6, 6.07) is 10.6. The molecule has 1 aromatic rings. The van der Waals surface area contributed by atoms with Gasteiger partial charge in [-0.3, -0.25) is 4.79 Å². The molecule has 2 nitrogen and oxygen atoms in total. The summed E-state index contributed by atoms with van der Waals surface area (Å²) in [5, 5.41) is 0. The normalized spacial score (nSPS) is 11.2. The largest absolute Gasteiger partial charge is 0.345 e. The van der Waals surface area contributed by atoms with E-state index in [9.17, 15) is 4.79 Å². The Bertz CT molecular complexity index is 395. The Morgan fingerprint density at radius 1 is 1.05 bits per heavy atom. The highest BCUT2D eigenvalue weighted by Crippen LogP contribution is 2.06. The molecular weight excluding hydrogens is 234 g/mol. The number of hydrogen-bond acceptors (Lipinski definition) is 1. The van der Waals surface area contributed by atoms with Crippen molar-refractivity contribution in [2.45, 2.75) is 25.7 Å². The molecule has 1 rings (SSSR count). The van der Waals surface area contributed by atoms with Crippen LogP contribution in [0.5, 0.6) is 0 Å². The first-order valence-corrected chi connectivity index (χ1v) is 6.84. The third-order valence-corrected chi connectivity index (χ3v) is 2.89. The number of carbonyl (C=O) groups excluding carboxylic acids is 1. The van der Waals surface area contributed by atoms with E-state index in [1.165, 1.54) is 18.4 Å². The fourth-order valence-corrected chi connectivity index (χ4v) is 1.76. The van der Waals surface area contributed by atoms with Crippen LogP contribution in [0.25, 0.3) is 0 Å². The van der Waals surface area contributed by atoms with Gasteiger partial charge in [0, 0.05) is 13.6 Å². The molecular formula is C17H23NO. The van der Waals surface area contributed by atoms with Gasteiger partial charge in [0.05, 0.1) is 0 Å². The molecule has 0 aliphatic carbocycles. The molecule has 0 bridgehead atoms. The van der Waals surface area contributed by atoms with Crippen molar-refractivity contribution < 1.29 is 4.79 Å². The van der Waals surface area contributed by atoms with Crippen LogP contribution in [0.1, 0.15) is 24.8 Å². The maximum atomic E-state index is 10.3. The van der Waals surface area contributed by atoms with Crippen molar-refractivity contribution in [1.82, 2.24) is 4.90 Å². The van der Waals surface area contributed by atoms with Crippen LogP contribution < -0.4 is 0 Å². The fraction of sp³-hybridized carbons (Fsp3) is 0.353. The Morgan fingerprint density at radius 3 is 2.53 bits per heavy atom. The van der Waals surface area contributed by atoms with Gasteiger partial charge in [-0.1, -0.05) is 54.6 Å². The van der Waals surface area contributed by atoms with Gasteiger partial charge in [-0.25, -0.2) is 0 Å². The smallest absolute Gasteiger partial charge is 0.209 e. The number of allylic oxidation sites excluding steroid dienone is 3. The Labute approximate surface area is 116 Å².